The standard InChI is InChI=1S/C16H27N5O3/c1-5-24-16(23)20-10-8-19(9-11-20)13(4)15(22)18-14-6-7-17-21(14)12(2)3/h6-7,12-13H,5,8-11H2,1-4H3,(H,18,22). The summed E-state index contributed by atoms with van der Waals surface area (Å²) in [5, 5.41) is 7.16. The minimum absolute atomic E-state index is 0.0676. The molecular formula is C16H27N5O3. The van der Waals surface area contributed by atoms with Crippen molar-refractivity contribution < 1.29 is 14.3 Å². The molecular weight excluding hydrogens is 310 g/mol. The van der Waals surface area contributed by atoms with Gasteiger partial charge in [-0.25, -0.2) is 9.48 Å². The number of piperazine rings is 1. The van der Waals surface area contributed by atoms with Gasteiger partial charge in [0.15, 0.2) is 0 Å². The molecule has 0 aromatic carbocycles. The monoisotopic (exact) mass is 337 g/mol. The van der Waals surface area contributed by atoms with Crippen molar-refractivity contribution in [2.45, 2.75) is 39.8 Å². The highest BCUT2D eigenvalue weighted by molar-refractivity contribution is 5.93. The first-order valence-electron chi connectivity index (χ1n) is 8.44. The van der Waals surface area contributed by atoms with Gasteiger partial charge >= 0.3 is 6.09 Å². The Morgan fingerprint density at radius 2 is 1.92 bits per heavy atom. The summed E-state index contributed by atoms with van der Waals surface area (Å²) < 4.78 is 6.79. The number of nitrogens with zero attached hydrogens (tertiary/aromatic N) is 4. The van der Waals surface area contributed by atoms with Gasteiger partial charge in [-0.1, -0.05) is 0 Å². The molecule has 1 fully saturated rings. The van der Waals surface area contributed by atoms with Gasteiger partial charge in [0.2, 0.25) is 5.91 Å². The topological polar surface area (TPSA) is 79.7 Å². The molecule has 134 valence electrons. The average molecular weight is 337 g/mol. The molecule has 24 heavy (non-hydrogen) atoms. The van der Waals surface area contributed by atoms with Crippen molar-refractivity contribution in [1.82, 2.24) is 19.6 Å². The van der Waals surface area contributed by atoms with E-state index >= 15 is 0 Å². The van der Waals surface area contributed by atoms with E-state index in [1.807, 2.05) is 20.8 Å². The summed E-state index contributed by atoms with van der Waals surface area (Å²) in [6.45, 7) is 10.5. The number of carbonyl (C=O) groups excluding carboxylic acids is 2. The molecule has 1 unspecified atom stereocenters. The van der Waals surface area contributed by atoms with Crippen LogP contribution < -0.4 is 5.32 Å². The van der Waals surface area contributed by atoms with Crippen LogP contribution in [0.25, 0.3) is 0 Å². The lowest BCUT2D eigenvalue weighted by Gasteiger charge is -2.36. The molecule has 1 atom stereocenters. The number of rotatable bonds is 5. The number of hydrogen-bond donors (Lipinski definition) is 1. The van der Waals surface area contributed by atoms with Crippen molar-refractivity contribution in [2.75, 3.05) is 38.1 Å². The molecule has 0 saturated carbocycles. The Hall–Kier alpha value is -2.09. The third kappa shape index (κ3) is 4.25. The van der Waals surface area contributed by atoms with Gasteiger partial charge < -0.3 is 15.0 Å². The van der Waals surface area contributed by atoms with Crippen LogP contribution in [0.1, 0.15) is 33.7 Å². The number of amides is 2. The predicted molar refractivity (Wildman–Crippen MR) is 90.9 cm³/mol. The third-order valence-corrected chi connectivity index (χ3v) is 4.18. The van der Waals surface area contributed by atoms with E-state index in [0.29, 0.717) is 38.6 Å². The second-order valence-corrected chi connectivity index (χ2v) is 6.14. The number of anilines is 1. The minimum atomic E-state index is -0.282. The van der Waals surface area contributed by atoms with Crippen molar-refractivity contribution >= 4 is 17.8 Å². The van der Waals surface area contributed by atoms with Crippen molar-refractivity contribution in [1.29, 1.82) is 0 Å². The summed E-state index contributed by atoms with van der Waals surface area (Å²) in [7, 11) is 0. The van der Waals surface area contributed by atoms with Crippen LogP contribution in [0.15, 0.2) is 12.3 Å². The highest BCUT2D eigenvalue weighted by atomic mass is 16.6. The van der Waals surface area contributed by atoms with Crippen LogP contribution >= 0.6 is 0 Å². The molecule has 1 saturated heterocycles. The highest BCUT2D eigenvalue weighted by Crippen LogP contribution is 2.15. The molecule has 1 aliphatic heterocycles. The molecule has 0 bridgehead atoms. The Balaban J connectivity index is 1.88. The quantitative estimate of drug-likeness (QED) is 0.882. The summed E-state index contributed by atoms with van der Waals surface area (Å²) in [6.07, 6.45) is 1.40. The number of nitrogens with one attached hydrogen (secondary N) is 1. The summed E-state index contributed by atoms with van der Waals surface area (Å²) in [4.78, 5) is 28.0. The molecule has 1 aliphatic rings. The fraction of sp³-hybridized carbons (Fsp3) is 0.688. The van der Waals surface area contributed by atoms with Crippen LogP contribution in [-0.2, 0) is 9.53 Å². The summed E-state index contributed by atoms with van der Waals surface area (Å²) in [5.41, 5.74) is 0. The zero-order valence-electron chi connectivity index (χ0n) is 14.9. The fourth-order valence-electron chi connectivity index (χ4n) is 2.73. The molecule has 0 radical (unpaired) electrons. The van der Waals surface area contributed by atoms with Crippen LogP contribution in [-0.4, -0.2) is 70.4 Å². The lowest BCUT2D eigenvalue weighted by atomic mass is 10.2. The van der Waals surface area contributed by atoms with E-state index in [9.17, 15) is 9.59 Å². The van der Waals surface area contributed by atoms with Crippen LogP contribution in [0.5, 0.6) is 0 Å². The summed E-state index contributed by atoms with van der Waals surface area (Å²) in [5.74, 6) is 0.633. The van der Waals surface area contributed by atoms with Gasteiger partial charge in [-0.05, 0) is 27.7 Å². The highest BCUT2D eigenvalue weighted by Gasteiger charge is 2.28. The smallest absolute Gasteiger partial charge is 0.409 e. The Bertz CT molecular complexity index is 564. The first-order valence-corrected chi connectivity index (χ1v) is 8.44. The van der Waals surface area contributed by atoms with Crippen LogP contribution in [0, 0.1) is 0 Å². The molecule has 1 aromatic heterocycles. The molecule has 8 heteroatoms. The lowest BCUT2D eigenvalue weighted by Crippen LogP contribution is -2.54. The van der Waals surface area contributed by atoms with Gasteiger partial charge in [0, 0.05) is 38.3 Å². The van der Waals surface area contributed by atoms with E-state index in [0.717, 1.165) is 0 Å². The van der Waals surface area contributed by atoms with Gasteiger partial charge in [0.05, 0.1) is 18.8 Å². The average Bonchev–Trinajstić information content (AvgIpc) is 3.03. The largest absolute Gasteiger partial charge is 0.450 e. The Labute approximate surface area is 142 Å². The van der Waals surface area contributed by atoms with Gasteiger partial charge in [-0.15, -0.1) is 0 Å². The van der Waals surface area contributed by atoms with E-state index in [4.69, 9.17) is 4.74 Å². The first-order chi connectivity index (χ1) is 11.4. The Kier molecular flexibility index (Phi) is 6.19. The van der Waals surface area contributed by atoms with E-state index in [2.05, 4.69) is 15.3 Å². The minimum Gasteiger partial charge on any atom is -0.450 e. The van der Waals surface area contributed by atoms with Crippen molar-refractivity contribution in [3.05, 3.63) is 12.3 Å². The maximum Gasteiger partial charge on any atom is 0.409 e. The van der Waals surface area contributed by atoms with E-state index < -0.39 is 0 Å². The second kappa shape index (κ2) is 8.14. The number of carbonyl (C=O) groups is 2. The Morgan fingerprint density at radius 3 is 2.50 bits per heavy atom. The zero-order chi connectivity index (χ0) is 17.7. The molecule has 0 aliphatic carbocycles. The maximum atomic E-state index is 12.5. The molecule has 1 N–H and O–H groups in total. The molecule has 2 amide bonds. The predicted octanol–water partition coefficient (Wildman–Crippen LogP) is 1.57. The van der Waals surface area contributed by atoms with Gasteiger partial charge in [0.25, 0.3) is 0 Å². The van der Waals surface area contributed by atoms with Crippen molar-refractivity contribution in [3.63, 3.8) is 0 Å². The first kappa shape index (κ1) is 18.3. The fourth-order valence-corrected chi connectivity index (χ4v) is 2.73. The number of ether oxygens (including phenoxy) is 1. The third-order valence-electron chi connectivity index (χ3n) is 4.18. The molecule has 1 aromatic rings. The summed E-state index contributed by atoms with van der Waals surface area (Å²) >= 11 is 0. The molecule has 2 heterocycles. The molecule has 0 spiro atoms. The number of hydrogen-bond acceptors (Lipinski definition) is 5. The van der Waals surface area contributed by atoms with E-state index in [1.54, 1.807) is 28.8 Å². The SMILES string of the molecule is CCOC(=O)N1CCN(C(C)C(=O)Nc2ccnn2C(C)C)CC1. The van der Waals surface area contributed by atoms with Gasteiger partial charge in [0.1, 0.15) is 5.82 Å². The molecule has 8 nitrogen and oxygen atoms in total. The maximum absolute atomic E-state index is 12.5. The van der Waals surface area contributed by atoms with Crippen molar-refractivity contribution in [3.8, 4) is 0 Å². The lowest BCUT2D eigenvalue weighted by molar-refractivity contribution is -0.121. The summed E-state index contributed by atoms with van der Waals surface area (Å²) in [6, 6.07) is 1.70. The van der Waals surface area contributed by atoms with Gasteiger partial charge in [-0.3, -0.25) is 9.69 Å². The zero-order valence-corrected chi connectivity index (χ0v) is 14.9. The van der Waals surface area contributed by atoms with Gasteiger partial charge in [-0.2, -0.15) is 5.10 Å². The van der Waals surface area contributed by atoms with Crippen molar-refractivity contribution in [2.24, 2.45) is 0 Å². The van der Waals surface area contributed by atoms with E-state index in [1.165, 1.54) is 0 Å². The van der Waals surface area contributed by atoms with Crippen LogP contribution in [0.4, 0.5) is 10.6 Å². The van der Waals surface area contributed by atoms with E-state index in [-0.39, 0.29) is 24.1 Å². The second-order valence-electron chi connectivity index (χ2n) is 6.14. The van der Waals surface area contributed by atoms with Crippen LogP contribution in [0.3, 0.4) is 0 Å². The normalized spacial score (nSPS) is 17.0. The van der Waals surface area contributed by atoms with Crippen LogP contribution in [0.2, 0.25) is 0 Å². The number of aromatic nitrogens is 2. The Morgan fingerprint density at radius 1 is 1.25 bits per heavy atom. The molecule has 2 rings (SSSR count).